The van der Waals surface area contributed by atoms with Gasteiger partial charge in [0.25, 0.3) is 11.8 Å². The maximum atomic E-state index is 12.4. The Labute approximate surface area is 211 Å². The minimum atomic E-state index is -0.747. The third-order valence-corrected chi connectivity index (χ3v) is 5.78. The average Bonchev–Trinajstić information content (AvgIpc) is 2.75. The molecule has 0 saturated carbocycles. The maximum Gasteiger partial charge on any atom is 0.259 e. The third kappa shape index (κ3) is 5.84. The zero-order valence-electron chi connectivity index (χ0n) is 16.9. The van der Waals surface area contributed by atoms with Crippen LogP contribution in [0.5, 0.6) is 5.75 Å². The molecule has 3 aromatic rings. The highest BCUT2D eigenvalue weighted by atomic mass is 35.5. The first-order chi connectivity index (χ1) is 15.8. The summed E-state index contributed by atoms with van der Waals surface area (Å²) in [5.74, 6) is -0.569. The minimum absolute atomic E-state index is 0.0575. The van der Waals surface area contributed by atoms with Gasteiger partial charge in [-0.25, -0.2) is 0 Å². The van der Waals surface area contributed by atoms with E-state index in [1.165, 1.54) is 6.08 Å². The molecule has 168 valence electrons. The van der Waals surface area contributed by atoms with E-state index >= 15 is 0 Å². The van der Waals surface area contributed by atoms with Gasteiger partial charge in [-0.3, -0.25) is 9.59 Å². The van der Waals surface area contributed by atoms with Crippen LogP contribution >= 0.6 is 47.4 Å². The highest BCUT2D eigenvalue weighted by molar-refractivity contribution is 7.80. The highest BCUT2D eigenvalue weighted by Crippen LogP contribution is 2.32. The standard InChI is InChI=1S/C24H17Cl3N2O3S/c25-17-4-1-13(2-5-17)12-32-21-6-3-14(15-8-18(26)11-19(27)9-15)7-16(21)10-20-22(30)28-24(33)29-23(20)31/h1-11,24,33H,12H2,(H,28,30)(H,29,31). The second-order valence-corrected chi connectivity index (χ2v) is 9.06. The highest BCUT2D eigenvalue weighted by Gasteiger charge is 2.27. The van der Waals surface area contributed by atoms with Crippen LogP contribution in [0.15, 0.2) is 66.2 Å². The molecule has 1 aliphatic rings. The van der Waals surface area contributed by atoms with Gasteiger partial charge in [-0.05, 0) is 65.2 Å². The Bertz CT molecular complexity index is 1220. The van der Waals surface area contributed by atoms with Crippen LogP contribution in [0.25, 0.3) is 17.2 Å². The van der Waals surface area contributed by atoms with E-state index in [0.29, 0.717) is 26.4 Å². The quantitative estimate of drug-likeness (QED) is 0.229. The molecule has 0 atom stereocenters. The van der Waals surface area contributed by atoms with Crippen molar-refractivity contribution in [2.24, 2.45) is 0 Å². The summed E-state index contributed by atoms with van der Waals surface area (Å²) in [4.78, 5) is 24.8. The SMILES string of the molecule is O=C1NC(S)NC(=O)C1=Cc1cc(-c2cc(Cl)cc(Cl)c2)ccc1OCc1ccc(Cl)cc1. The predicted octanol–water partition coefficient (Wildman–Crippen LogP) is 5.74. The summed E-state index contributed by atoms with van der Waals surface area (Å²) in [6, 6.07) is 17.9. The molecule has 1 saturated heterocycles. The number of hydrogen-bond donors (Lipinski definition) is 3. The molecular weight excluding hydrogens is 503 g/mol. The first-order valence-corrected chi connectivity index (χ1v) is 11.4. The number of nitrogens with one attached hydrogen (secondary N) is 2. The number of thiol groups is 1. The smallest absolute Gasteiger partial charge is 0.259 e. The van der Waals surface area contributed by atoms with Crippen molar-refractivity contribution in [2.45, 2.75) is 12.1 Å². The zero-order valence-corrected chi connectivity index (χ0v) is 20.1. The second kappa shape index (κ2) is 10.1. The number of hydrogen-bond acceptors (Lipinski definition) is 4. The van der Waals surface area contributed by atoms with Crippen LogP contribution in [0.3, 0.4) is 0 Å². The lowest BCUT2D eigenvalue weighted by Crippen LogP contribution is -2.52. The van der Waals surface area contributed by atoms with Crippen LogP contribution < -0.4 is 15.4 Å². The van der Waals surface area contributed by atoms with E-state index in [2.05, 4.69) is 23.3 Å². The van der Waals surface area contributed by atoms with Gasteiger partial charge in [0, 0.05) is 20.6 Å². The van der Waals surface area contributed by atoms with Gasteiger partial charge >= 0.3 is 0 Å². The van der Waals surface area contributed by atoms with E-state index in [9.17, 15) is 9.59 Å². The number of benzene rings is 3. The van der Waals surface area contributed by atoms with Crippen molar-refractivity contribution >= 4 is 65.3 Å². The summed E-state index contributed by atoms with van der Waals surface area (Å²) in [6.07, 6.45) is 1.48. The Hall–Kier alpha value is -2.64. The van der Waals surface area contributed by atoms with Gasteiger partial charge in [-0.1, -0.05) is 53.0 Å². The molecule has 0 radical (unpaired) electrons. The number of rotatable bonds is 5. The van der Waals surface area contributed by atoms with E-state index in [1.54, 1.807) is 42.5 Å². The van der Waals surface area contributed by atoms with E-state index < -0.39 is 17.3 Å². The zero-order chi connectivity index (χ0) is 23.5. The van der Waals surface area contributed by atoms with Gasteiger partial charge in [-0.15, -0.1) is 12.6 Å². The van der Waals surface area contributed by atoms with Gasteiger partial charge in [-0.2, -0.15) is 0 Å². The van der Waals surface area contributed by atoms with Crippen LogP contribution in [-0.4, -0.2) is 17.3 Å². The number of halogens is 3. The minimum Gasteiger partial charge on any atom is -0.488 e. The molecule has 0 spiro atoms. The molecule has 1 aliphatic heterocycles. The lowest BCUT2D eigenvalue weighted by atomic mass is 10.00. The average molecular weight is 520 g/mol. The molecule has 2 N–H and O–H groups in total. The molecule has 0 aliphatic carbocycles. The lowest BCUT2D eigenvalue weighted by Gasteiger charge is -2.22. The lowest BCUT2D eigenvalue weighted by molar-refractivity contribution is -0.126. The fraction of sp³-hybridized carbons (Fsp3) is 0.0833. The Morgan fingerprint density at radius 2 is 1.45 bits per heavy atom. The Kier molecular flexibility index (Phi) is 7.20. The molecule has 5 nitrogen and oxygen atoms in total. The number of ether oxygens (including phenoxy) is 1. The topological polar surface area (TPSA) is 67.4 Å². The molecule has 33 heavy (non-hydrogen) atoms. The predicted molar refractivity (Wildman–Crippen MR) is 135 cm³/mol. The molecule has 1 heterocycles. The van der Waals surface area contributed by atoms with Crippen molar-refractivity contribution in [2.75, 3.05) is 0 Å². The Morgan fingerprint density at radius 1 is 0.818 bits per heavy atom. The van der Waals surface area contributed by atoms with Crippen LogP contribution in [0.2, 0.25) is 15.1 Å². The van der Waals surface area contributed by atoms with E-state index in [0.717, 1.165) is 16.7 Å². The summed E-state index contributed by atoms with van der Waals surface area (Å²) in [7, 11) is 0. The van der Waals surface area contributed by atoms with Gasteiger partial charge < -0.3 is 15.4 Å². The van der Waals surface area contributed by atoms with E-state index in [1.807, 2.05) is 18.2 Å². The third-order valence-electron chi connectivity index (χ3n) is 4.84. The second-order valence-electron chi connectivity index (χ2n) is 7.23. The molecule has 0 bridgehead atoms. The summed E-state index contributed by atoms with van der Waals surface area (Å²) >= 11 is 22.4. The van der Waals surface area contributed by atoms with Crippen LogP contribution in [0.4, 0.5) is 0 Å². The van der Waals surface area contributed by atoms with Gasteiger partial charge in [0.1, 0.15) is 23.4 Å². The molecular formula is C24H17Cl3N2O3S. The summed E-state index contributed by atoms with van der Waals surface area (Å²) in [6.45, 7) is 0.271. The largest absolute Gasteiger partial charge is 0.488 e. The van der Waals surface area contributed by atoms with Crippen molar-refractivity contribution in [3.63, 3.8) is 0 Å². The fourth-order valence-corrected chi connectivity index (χ4v) is 4.15. The normalized spacial score (nSPS) is 15.6. The van der Waals surface area contributed by atoms with Crippen LogP contribution in [0, 0.1) is 0 Å². The van der Waals surface area contributed by atoms with Crippen molar-refractivity contribution in [1.82, 2.24) is 10.6 Å². The van der Waals surface area contributed by atoms with Crippen molar-refractivity contribution < 1.29 is 14.3 Å². The van der Waals surface area contributed by atoms with Gasteiger partial charge in [0.2, 0.25) is 0 Å². The Balaban J connectivity index is 1.73. The summed E-state index contributed by atoms with van der Waals surface area (Å²) in [5, 5.41) is 6.74. The molecule has 4 rings (SSSR count). The molecule has 0 aromatic heterocycles. The first-order valence-electron chi connectivity index (χ1n) is 9.78. The van der Waals surface area contributed by atoms with Crippen LogP contribution in [-0.2, 0) is 16.2 Å². The molecule has 2 amide bonds. The van der Waals surface area contributed by atoms with Crippen LogP contribution in [0.1, 0.15) is 11.1 Å². The van der Waals surface area contributed by atoms with Crippen molar-refractivity contribution in [3.05, 3.63) is 92.4 Å². The first kappa shape index (κ1) is 23.5. The maximum absolute atomic E-state index is 12.4. The fourth-order valence-electron chi connectivity index (χ4n) is 3.26. The molecule has 0 unspecified atom stereocenters. The van der Waals surface area contributed by atoms with Crippen molar-refractivity contribution in [1.29, 1.82) is 0 Å². The Morgan fingerprint density at radius 3 is 2.09 bits per heavy atom. The van der Waals surface area contributed by atoms with E-state index in [-0.39, 0.29) is 12.2 Å². The van der Waals surface area contributed by atoms with Gasteiger partial charge in [0.05, 0.1) is 0 Å². The monoisotopic (exact) mass is 518 g/mol. The molecule has 1 fully saturated rings. The summed E-state index contributed by atoms with van der Waals surface area (Å²) < 4.78 is 6.02. The van der Waals surface area contributed by atoms with E-state index in [4.69, 9.17) is 39.5 Å². The number of amides is 2. The molecule has 9 heteroatoms. The molecule has 3 aromatic carbocycles. The van der Waals surface area contributed by atoms with Crippen molar-refractivity contribution in [3.8, 4) is 16.9 Å². The number of carbonyl (C=O) groups is 2. The number of carbonyl (C=O) groups excluding carboxylic acids is 2. The van der Waals surface area contributed by atoms with Gasteiger partial charge in [0.15, 0.2) is 0 Å². The summed E-state index contributed by atoms with van der Waals surface area (Å²) in [5.41, 5.74) is 2.21.